The van der Waals surface area contributed by atoms with Crippen LogP contribution in [0.3, 0.4) is 0 Å². The Morgan fingerprint density at radius 2 is 2.12 bits per heavy atom. The smallest absolute Gasteiger partial charge is 0.329 e. The Hall–Kier alpha value is -2.01. The zero-order valence-corrected chi connectivity index (χ0v) is 15.6. The predicted molar refractivity (Wildman–Crippen MR) is 99.6 cm³/mol. The Morgan fingerprint density at radius 3 is 2.85 bits per heavy atom. The van der Waals surface area contributed by atoms with Crippen molar-refractivity contribution in [2.24, 2.45) is 5.92 Å². The molecule has 0 saturated carbocycles. The summed E-state index contributed by atoms with van der Waals surface area (Å²) in [6, 6.07) is 7.01. The number of fused-ring (bicyclic) bond motifs is 4. The molecule has 26 heavy (non-hydrogen) atoms. The maximum Gasteiger partial charge on any atom is 0.329 e. The van der Waals surface area contributed by atoms with Gasteiger partial charge in [0.1, 0.15) is 11.8 Å². The molecule has 3 fully saturated rings. The minimum atomic E-state index is -0.218. The van der Waals surface area contributed by atoms with Gasteiger partial charge in [0.2, 0.25) is 0 Å². The third-order valence-corrected chi connectivity index (χ3v) is 7.09. The van der Waals surface area contributed by atoms with Gasteiger partial charge in [-0.25, -0.2) is 4.79 Å². The minimum Gasteiger partial charge on any atom is -0.497 e. The summed E-state index contributed by atoms with van der Waals surface area (Å²) in [6.07, 6.45) is 4.41. The van der Waals surface area contributed by atoms with Crippen molar-refractivity contribution in [3.8, 4) is 5.75 Å². The third kappa shape index (κ3) is 1.98. The van der Waals surface area contributed by atoms with E-state index in [1.165, 1.54) is 23.9 Å². The van der Waals surface area contributed by atoms with Gasteiger partial charge in [-0.15, -0.1) is 0 Å². The van der Waals surface area contributed by atoms with Crippen LogP contribution in [0.1, 0.15) is 31.2 Å². The number of allylic oxidation sites excluding steroid dienone is 1. The van der Waals surface area contributed by atoms with Crippen LogP contribution in [0, 0.1) is 5.92 Å². The summed E-state index contributed by atoms with van der Waals surface area (Å²) in [5.74, 6) is 1.52. The molecule has 5 heteroatoms. The van der Waals surface area contributed by atoms with Gasteiger partial charge < -0.3 is 14.4 Å². The quantitative estimate of drug-likeness (QED) is 0.603. The molecule has 0 radical (unpaired) electrons. The molecule has 5 atom stereocenters. The van der Waals surface area contributed by atoms with Crippen LogP contribution in [0.2, 0.25) is 0 Å². The number of anilines is 1. The summed E-state index contributed by atoms with van der Waals surface area (Å²) in [4.78, 5) is 17.9. The SMILES string of the molecule is CC=C1CN2CC[C@@H]3c4cc(OC)ccc4N4[C@@H]3[C@@H]2C[C@@H]1[C@H]4C(=O)OC. The average molecular weight is 354 g/mol. The number of hydrogen-bond acceptors (Lipinski definition) is 5. The maximum absolute atomic E-state index is 12.9. The van der Waals surface area contributed by atoms with E-state index < -0.39 is 0 Å². The monoisotopic (exact) mass is 354 g/mol. The first-order valence-corrected chi connectivity index (χ1v) is 9.61. The lowest BCUT2D eigenvalue weighted by Gasteiger charge is -2.58. The second-order valence-corrected chi connectivity index (χ2v) is 7.93. The van der Waals surface area contributed by atoms with Crippen molar-refractivity contribution < 1.29 is 14.3 Å². The molecule has 0 unspecified atom stereocenters. The number of rotatable bonds is 2. The summed E-state index contributed by atoms with van der Waals surface area (Å²) < 4.78 is 10.8. The lowest BCUT2D eigenvalue weighted by Crippen LogP contribution is -2.69. The molecule has 0 N–H and O–H groups in total. The summed E-state index contributed by atoms with van der Waals surface area (Å²) in [6.45, 7) is 4.23. The molecule has 0 aliphatic carbocycles. The summed E-state index contributed by atoms with van der Waals surface area (Å²) in [5, 5.41) is 0. The van der Waals surface area contributed by atoms with E-state index in [2.05, 4.69) is 34.9 Å². The molecular formula is C21H26N2O3. The second-order valence-electron chi connectivity index (χ2n) is 7.93. The number of hydrogen-bond donors (Lipinski definition) is 0. The first kappa shape index (κ1) is 16.2. The van der Waals surface area contributed by atoms with Gasteiger partial charge in [0, 0.05) is 30.1 Å². The normalized spacial score (nSPS) is 36.0. The van der Waals surface area contributed by atoms with Gasteiger partial charge in [0.05, 0.1) is 20.3 Å². The number of carbonyl (C=O) groups excluding carboxylic acids is 1. The Bertz CT molecular complexity index is 789. The van der Waals surface area contributed by atoms with Gasteiger partial charge in [0.25, 0.3) is 0 Å². The van der Waals surface area contributed by atoms with Crippen LogP contribution in [0.5, 0.6) is 5.75 Å². The number of benzene rings is 1. The highest BCUT2D eigenvalue weighted by atomic mass is 16.5. The van der Waals surface area contributed by atoms with E-state index in [1.807, 2.05) is 6.07 Å². The highest BCUT2D eigenvalue weighted by molar-refractivity contribution is 5.84. The molecule has 138 valence electrons. The molecule has 0 aromatic heterocycles. The Kier molecular flexibility index (Phi) is 3.58. The standard InChI is InChI=1S/C21H26N2O3/c1-4-12-11-22-8-7-14-16-9-13(25-2)5-6-17(16)23-19(14)18(22)10-15(12)20(23)21(24)26-3/h4-6,9,14-15,18-20H,7-8,10-11H2,1-3H3/t14-,15+,18+,19+,20+/m1/s1. The van der Waals surface area contributed by atoms with Gasteiger partial charge in [-0.2, -0.15) is 0 Å². The van der Waals surface area contributed by atoms with Crippen LogP contribution in [0.25, 0.3) is 0 Å². The summed E-state index contributed by atoms with van der Waals surface area (Å²) in [5.41, 5.74) is 3.93. The van der Waals surface area contributed by atoms with E-state index in [1.54, 1.807) is 7.11 Å². The fourth-order valence-electron chi connectivity index (χ4n) is 6.01. The number of piperidine rings is 3. The largest absolute Gasteiger partial charge is 0.497 e. The van der Waals surface area contributed by atoms with Crippen molar-refractivity contribution >= 4 is 11.7 Å². The molecule has 3 saturated heterocycles. The Morgan fingerprint density at radius 1 is 1.27 bits per heavy atom. The van der Waals surface area contributed by atoms with Crippen molar-refractivity contribution in [3.05, 3.63) is 35.4 Å². The van der Waals surface area contributed by atoms with Crippen molar-refractivity contribution in [1.29, 1.82) is 0 Å². The average Bonchev–Trinajstić information content (AvgIpc) is 3.01. The topological polar surface area (TPSA) is 42.0 Å². The molecule has 4 aliphatic rings. The molecule has 1 aromatic rings. The van der Waals surface area contributed by atoms with Gasteiger partial charge >= 0.3 is 5.97 Å². The van der Waals surface area contributed by atoms with Crippen LogP contribution >= 0.6 is 0 Å². The van der Waals surface area contributed by atoms with Crippen molar-refractivity contribution in [2.75, 3.05) is 32.2 Å². The van der Waals surface area contributed by atoms with E-state index in [0.29, 0.717) is 18.0 Å². The summed E-state index contributed by atoms with van der Waals surface area (Å²) in [7, 11) is 3.23. The number of nitrogens with zero attached hydrogens (tertiary/aromatic N) is 2. The van der Waals surface area contributed by atoms with Crippen LogP contribution in [-0.4, -0.2) is 56.3 Å². The second kappa shape index (κ2) is 5.74. The van der Waals surface area contributed by atoms with E-state index in [0.717, 1.165) is 31.7 Å². The predicted octanol–water partition coefficient (Wildman–Crippen LogP) is 2.56. The lowest BCUT2D eigenvalue weighted by molar-refractivity contribution is -0.145. The van der Waals surface area contributed by atoms with Crippen molar-refractivity contribution in [1.82, 2.24) is 4.90 Å². The van der Waals surface area contributed by atoms with Crippen LogP contribution in [0.4, 0.5) is 5.69 Å². The number of ether oxygens (including phenoxy) is 2. The molecule has 2 bridgehead atoms. The van der Waals surface area contributed by atoms with Gasteiger partial charge in [-0.3, -0.25) is 4.90 Å². The van der Waals surface area contributed by atoms with Crippen LogP contribution in [-0.2, 0) is 9.53 Å². The highest BCUT2D eigenvalue weighted by Crippen LogP contribution is 2.56. The zero-order chi connectivity index (χ0) is 18.0. The molecule has 4 heterocycles. The van der Waals surface area contributed by atoms with Gasteiger partial charge in [-0.1, -0.05) is 11.6 Å². The molecule has 5 rings (SSSR count). The van der Waals surface area contributed by atoms with E-state index in [4.69, 9.17) is 9.47 Å². The van der Waals surface area contributed by atoms with E-state index >= 15 is 0 Å². The fraction of sp³-hybridized carbons (Fsp3) is 0.571. The molecule has 0 amide bonds. The number of carbonyl (C=O) groups is 1. The molecule has 0 spiro atoms. The van der Waals surface area contributed by atoms with Crippen LogP contribution in [0.15, 0.2) is 29.8 Å². The third-order valence-electron chi connectivity index (χ3n) is 7.09. The van der Waals surface area contributed by atoms with Gasteiger partial charge in [0.15, 0.2) is 0 Å². The van der Waals surface area contributed by atoms with Crippen molar-refractivity contribution in [3.63, 3.8) is 0 Å². The first-order chi connectivity index (χ1) is 12.7. The van der Waals surface area contributed by atoms with Gasteiger partial charge in [-0.05, 0) is 50.1 Å². The van der Waals surface area contributed by atoms with E-state index in [9.17, 15) is 4.79 Å². The Balaban J connectivity index is 1.69. The zero-order valence-electron chi connectivity index (χ0n) is 15.6. The molecular weight excluding hydrogens is 328 g/mol. The molecule has 1 aromatic carbocycles. The van der Waals surface area contributed by atoms with Crippen molar-refractivity contribution in [2.45, 2.75) is 43.8 Å². The van der Waals surface area contributed by atoms with E-state index in [-0.39, 0.29) is 17.9 Å². The Labute approximate surface area is 154 Å². The fourth-order valence-corrected chi connectivity index (χ4v) is 6.01. The lowest BCUT2D eigenvalue weighted by atomic mass is 9.69. The minimum absolute atomic E-state index is 0.103. The first-order valence-electron chi connectivity index (χ1n) is 9.61. The highest BCUT2D eigenvalue weighted by Gasteiger charge is 2.59. The number of methoxy groups -OCH3 is 2. The maximum atomic E-state index is 12.9. The molecule has 5 nitrogen and oxygen atoms in total. The number of esters is 1. The molecule has 4 aliphatic heterocycles. The van der Waals surface area contributed by atoms with Crippen LogP contribution < -0.4 is 9.64 Å². The summed E-state index contributed by atoms with van der Waals surface area (Å²) >= 11 is 0.